The molecule has 1 saturated heterocycles. The van der Waals surface area contributed by atoms with E-state index in [1.807, 2.05) is 6.92 Å². The van der Waals surface area contributed by atoms with Gasteiger partial charge in [0, 0.05) is 25.2 Å². The van der Waals surface area contributed by atoms with E-state index in [-0.39, 0.29) is 18.4 Å². The van der Waals surface area contributed by atoms with Gasteiger partial charge in [-0.15, -0.1) is 0 Å². The summed E-state index contributed by atoms with van der Waals surface area (Å²) in [7, 11) is 0. The van der Waals surface area contributed by atoms with E-state index in [0.717, 1.165) is 52.0 Å². The van der Waals surface area contributed by atoms with Gasteiger partial charge >= 0.3 is 0 Å². The number of nitrogens with one attached hydrogen (secondary N) is 1. The maximum atomic E-state index is 12.2. The molecule has 0 aromatic rings. The van der Waals surface area contributed by atoms with Crippen molar-refractivity contribution in [3.63, 3.8) is 0 Å². The summed E-state index contributed by atoms with van der Waals surface area (Å²) in [6.07, 6.45) is 5.00. The normalized spacial score (nSPS) is 26.0. The van der Waals surface area contributed by atoms with E-state index in [0.29, 0.717) is 6.04 Å². The second-order valence-corrected chi connectivity index (χ2v) is 6.71. The van der Waals surface area contributed by atoms with Gasteiger partial charge in [0.15, 0.2) is 0 Å². The number of rotatable bonds is 5. The SMILES string of the molecule is CC(NC(=O)CC1(O)CCCCC1)C(C)N1CCOCC1. The number of ether oxygens (including phenoxy) is 1. The predicted molar refractivity (Wildman–Crippen MR) is 82.1 cm³/mol. The number of hydrogen-bond acceptors (Lipinski definition) is 4. The van der Waals surface area contributed by atoms with Crippen LogP contribution < -0.4 is 5.32 Å². The highest BCUT2D eigenvalue weighted by molar-refractivity contribution is 5.77. The fraction of sp³-hybridized carbons (Fsp3) is 0.938. The number of morpholine rings is 1. The Balaban J connectivity index is 1.78. The Morgan fingerprint density at radius 3 is 2.48 bits per heavy atom. The molecule has 2 rings (SSSR count). The van der Waals surface area contributed by atoms with Crippen LogP contribution in [0.25, 0.3) is 0 Å². The average Bonchev–Trinajstić information content (AvgIpc) is 2.47. The third-order valence-corrected chi connectivity index (χ3v) is 5.01. The number of amides is 1. The van der Waals surface area contributed by atoms with Gasteiger partial charge in [-0.1, -0.05) is 19.3 Å². The first-order valence-electron chi connectivity index (χ1n) is 8.34. The molecule has 0 aromatic carbocycles. The lowest BCUT2D eigenvalue weighted by Crippen LogP contribution is -2.53. The molecule has 2 aliphatic rings. The number of hydrogen-bond donors (Lipinski definition) is 2. The van der Waals surface area contributed by atoms with E-state index < -0.39 is 5.60 Å². The van der Waals surface area contributed by atoms with Crippen LogP contribution in [0, 0.1) is 0 Å². The molecule has 122 valence electrons. The van der Waals surface area contributed by atoms with Crippen molar-refractivity contribution in [3.05, 3.63) is 0 Å². The molecule has 1 aliphatic heterocycles. The van der Waals surface area contributed by atoms with E-state index in [4.69, 9.17) is 4.74 Å². The van der Waals surface area contributed by atoms with E-state index in [1.54, 1.807) is 0 Å². The Hall–Kier alpha value is -0.650. The number of nitrogens with zero attached hydrogens (tertiary/aromatic N) is 1. The largest absolute Gasteiger partial charge is 0.389 e. The van der Waals surface area contributed by atoms with Gasteiger partial charge in [0.05, 0.1) is 25.2 Å². The molecule has 0 aromatic heterocycles. The molecule has 1 saturated carbocycles. The Bertz CT molecular complexity index is 336. The lowest BCUT2D eigenvalue weighted by atomic mass is 9.82. The Morgan fingerprint density at radius 1 is 1.24 bits per heavy atom. The van der Waals surface area contributed by atoms with Crippen LogP contribution in [0.3, 0.4) is 0 Å². The molecular weight excluding hydrogens is 268 g/mol. The van der Waals surface area contributed by atoms with Gasteiger partial charge in [0.25, 0.3) is 0 Å². The van der Waals surface area contributed by atoms with Crippen molar-refractivity contribution in [2.45, 2.75) is 70.1 Å². The predicted octanol–water partition coefficient (Wildman–Crippen LogP) is 1.30. The van der Waals surface area contributed by atoms with Gasteiger partial charge in [-0.3, -0.25) is 9.69 Å². The lowest BCUT2D eigenvalue weighted by molar-refractivity contribution is -0.128. The zero-order chi connectivity index (χ0) is 15.3. The standard InChI is InChI=1S/C16H30N2O3/c1-13(14(2)18-8-10-21-11-9-18)17-15(19)12-16(20)6-4-3-5-7-16/h13-14,20H,3-12H2,1-2H3,(H,17,19). The van der Waals surface area contributed by atoms with Crippen LogP contribution in [-0.4, -0.2) is 59.9 Å². The third-order valence-electron chi connectivity index (χ3n) is 5.01. The van der Waals surface area contributed by atoms with Crippen LogP contribution in [0.4, 0.5) is 0 Å². The first kappa shape index (κ1) is 16.7. The highest BCUT2D eigenvalue weighted by Gasteiger charge is 2.32. The van der Waals surface area contributed by atoms with Gasteiger partial charge in [-0.25, -0.2) is 0 Å². The molecule has 1 heterocycles. The molecule has 2 unspecified atom stereocenters. The Morgan fingerprint density at radius 2 is 1.86 bits per heavy atom. The van der Waals surface area contributed by atoms with Crippen LogP contribution in [-0.2, 0) is 9.53 Å². The molecule has 0 radical (unpaired) electrons. The van der Waals surface area contributed by atoms with Crippen LogP contribution >= 0.6 is 0 Å². The average molecular weight is 298 g/mol. The molecule has 2 atom stereocenters. The number of aliphatic hydroxyl groups is 1. The maximum absolute atomic E-state index is 12.2. The first-order valence-corrected chi connectivity index (χ1v) is 8.34. The summed E-state index contributed by atoms with van der Waals surface area (Å²) in [5.74, 6) is -0.0213. The molecule has 5 nitrogen and oxygen atoms in total. The highest BCUT2D eigenvalue weighted by Crippen LogP contribution is 2.30. The van der Waals surface area contributed by atoms with Gasteiger partial charge in [0.1, 0.15) is 0 Å². The lowest BCUT2D eigenvalue weighted by Gasteiger charge is -2.36. The molecule has 2 fully saturated rings. The summed E-state index contributed by atoms with van der Waals surface area (Å²) in [5.41, 5.74) is -0.774. The van der Waals surface area contributed by atoms with Crippen molar-refractivity contribution in [3.8, 4) is 0 Å². The zero-order valence-electron chi connectivity index (χ0n) is 13.4. The van der Waals surface area contributed by atoms with Gasteiger partial charge in [-0.05, 0) is 26.7 Å². The molecule has 21 heavy (non-hydrogen) atoms. The molecule has 2 N–H and O–H groups in total. The summed E-state index contributed by atoms with van der Waals surface area (Å²) in [4.78, 5) is 14.6. The third kappa shape index (κ3) is 4.94. The molecule has 0 spiro atoms. The summed E-state index contributed by atoms with van der Waals surface area (Å²) in [6.45, 7) is 7.57. The van der Waals surface area contributed by atoms with Gasteiger partial charge in [0.2, 0.25) is 5.91 Å². The monoisotopic (exact) mass is 298 g/mol. The van der Waals surface area contributed by atoms with Gasteiger partial charge in [-0.2, -0.15) is 0 Å². The van der Waals surface area contributed by atoms with E-state index in [9.17, 15) is 9.90 Å². The second kappa shape index (κ2) is 7.56. The summed E-state index contributed by atoms with van der Waals surface area (Å²) in [6, 6.07) is 0.377. The maximum Gasteiger partial charge on any atom is 0.223 e. The topological polar surface area (TPSA) is 61.8 Å². The molecular formula is C16H30N2O3. The van der Waals surface area contributed by atoms with Crippen molar-refractivity contribution < 1.29 is 14.6 Å². The first-order chi connectivity index (χ1) is 10.0. The number of carbonyl (C=O) groups excluding carboxylic acids is 1. The summed E-state index contributed by atoms with van der Waals surface area (Å²) >= 11 is 0. The van der Waals surface area contributed by atoms with E-state index in [1.165, 1.54) is 6.42 Å². The van der Waals surface area contributed by atoms with E-state index in [2.05, 4.69) is 17.1 Å². The van der Waals surface area contributed by atoms with Crippen molar-refractivity contribution in [2.24, 2.45) is 0 Å². The Kier molecular flexibility index (Phi) is 6.02. The molecule has 0 bridgehead atoms. The quantitative estimate of drug-likeness (QED) is 0.803. The summed E-state index contributed by atoms with van der Waals surface area (Å²) in [5, 5.41) is 13.5. The van der Waals surface area contributed by atoms with Crippen LogP contribution in [0.5, 0.6) is 0 Å². The minimum absolute atomic E-state index is 0.0213. The second-order valence-electron chi connectivity index (χ2n) is 6.71. The molecule has 5 heteroatoms. The molecule has 1 amide bonds. The fourth-order valence-electron chi connectivity index (χ4n) is 3.41. The smallest absolute Gasteiger partial charge is 0.223 e. The van der Waals surface area contributed by atoms with Crippen molar-refractivity contribution >= 4 is 5.91 Å². The van der Waals surface area contributed by atoms with Crippen molar-refractivity contribution in [2.75, 3.05) is 26.3 Å². The minimum Gasteiger partial charge on any atom is -0.389 e. The van der Waals surface area contributed by atoms with Crippen molar-refractivity contribution in [1.82, 2.24) is 10.2 Å². The zero-order valence-corrected chi connectivity index (χ0v) is 13.4. The van der Waals surface area contributed by atoms with Crippen LogP contribution in [0.1, 0.15) is 52.4 Å². The summed E-state index contributed by atoms with van der Waals surface area (Å²) < 4.78 is 5.36. The highest BCUT2D eigenvalue weighted by atomic mass is 16.5. The molecule has 1 aliphatic carbocycles. The fourth-order valence-corrected chi connectivity index (χ4v) is 3.41. The number of carbonyl (C=O) groups is 1. The van der Waals surface area contributed by atoms with Gasteiger partial charge < -0.3 is 15.2 Å². The van der Waals surface area contributed by atoms with Crippen LogP contribution in [0.2, 0.25) is 0 Å². The van der Waals surface area contributed by atoms with E-state index >= 15 is 0 Å². The van der Waals surface area contributed by atoms with Crippen molar-refractivity contribution in [1.29, 1.82) is 0 Å². The Labute approximate surface area is 128 Å². The van der Waals surface area contributed by atoms with Crippen LogP contribution in [0.15, 0.2) is 0 Å². The minimum atomic E-state index is -0.774.